The molecule has 0 fully saturated rings. The highest BCUT2D eigenvalue weighted by molar-refractivity contribution is 7.99. The number of amides is 1. The topological polar surface area (TPSA) is 66.4 Å². The van der Waals surface area contributed by atoms with Crippen LogP contribution in [0.2, 0.25) is 0 Å². The van der Waals surface area contributed by atoms with Crippen molar-refractivity contribution in [1.29, 1.82) is 0 Å². The van der Waals surface area contributed by atoms with Gasteiger partial charge in [0.25, 0.3) is 0 Å². The number of nitrogens with one attached hydrogen (secondary N) is 1. The molecule has 0 saturated carbocycles. The predicted molar refractivity (Wildman–Crippen MR) is 81.6 cm³/mol. The van der Waals surface area contributed by atoms with E-state index in [0.29, 0.717) is 6.42 Å². The lowest BCUT2D eigenvalue weighted by atomic mass is 10.0. The van der Waals surface area contributed by atoms with Gasteiger partial charge in [0, 0.05) is 5.75 Å². The third-order valence-electron chi connectivity index (χ3n) is 2.69. The maximum absolute atomic E-state index is 11.7. The van der Waals surface area contributed by atoms with Gasteiger partial charge in [-0.2, -0.15) is 0 Å². The van der Waals surface area contributed by atoms with Crippen molar-refractivity contribution in [2.75, 3.05) is 5.75 Å². The van der Waals surface area contributed by atoms with E-state index in [2.05, 4.69) is 5.32 Å². The van der Waals surface area contributed by atoms with Crippen molar-refractivity contribution >= 4 is 23.6 Å². The summed E-state index contributed by atoms with van der Waals surface area (Å²) < 4.78 is 0. The summed E-state index contributed by atoms with van der Waals surface area (Å²) in [5, 5.41) is 11.6. The van der Waals surface area contributed by atoms with E-state index >= 15 is 0 Å². The van der Waals surface area contributed by atoms with Crippen LogP contribution in [0, 0.1) is 5.92 Å². The highest BCUT2D eigenvalue weighted by Gasteiger charge is 2.20. The monoisotopic (exact) mass is 295 g/mol. The minimum Gasteiger partial charge on any atom is -0.480 e. The Hall–Kier alpha value is -1.49. The van der Waals surface area contributed by atoms with Gasteiger partial charge in [-0.3, -0.25) is 4.79 Å². The van der Waals surface area contributed by atoms with Crippen LogP contribution in [-0.2, 0) is 15.3 Å². The largest absolute Gasteiger partial charge is 0.480 e. The SMILES string of the molecule is CC(C)CC(NC(=O)CSCc1ccccc1)C(=O)O. The molecule has 5 heteroatoms. The normalized spacial score (nSPS) is 12.2. The van der Waals surface area contributed by atoms with E-state index in [-0.39, 0.29) is 17.6 Å². The molecule has 1 aromatic carbocycles. The summed E-state index contributed by atoms with van der Waals surface area (Å²) in [6.07, 6.45) is 0.449. The number of carbonyl (C=O) groups is 2. The number of benzene rings is 1. The Labute approximate surface area is 124 Å². The standard InChI is InChI=1S/C15H21NO3S/c1-11(2)8-13(15(18)19)16-14(17)10-20-9-12-6-4-3-5-7-12/h3-7,11,13H,8-10H2,1-2H3,(H,16,17)(H,18,19). The maximum atomic E-state index is 11.7. The molecule has 0 aliphatic heterocycles. The third kappa shape index (κ3) is 6.61. The highest BCUT2D eigenvalue weighted by Crippen LogP contribution is 2.11. The molecule has 0 aliphatic carbocycles. The van der Waals surface area contributed by atoms with E-state index in [1.807, 2.05) is 44.2 Å². The molecule has 1 aromatic rings. The van der Waals surface area contributed by atoms with Gasteiger partial charge in [0.05, 0.1) is 5.75 Å². The quantitative estimate of drug-likeness (QED) is 0.773. The Bertz CT molecular complexity index is 434. The lowest BCUT2D eigenvalue weighted by Crippen LogP contribution is -2.42. The summed E-state index contributed by atoms with van der Waals surface area (Å²) in [5.41, 5.74) is 1.15. The molecule has 110 valence electrons. The number of hydrogen-bond acceptors (Lipinski definition) is 3. The van der Waals surface area contributed by atoms with Crippen LogP contribution in [0.25, 0.3) is 0 Å². The fourth-order valence-electron chi connectivity index (χ4n) is 1.76. The molecule has 0 bridgehead atoms. The molecule has 0 spiro atoms. The molecule has 0 aromatic heterocycles. The Balaban J connectivity index is 2.33. The van der Waals surface area contributed by atoms with Crippen LogP contribution in [0.5, 0.6) is 0 Å². The molecular weight excluding hydrogens is 274 g/mol. The van der Waals surface area contributed by atoms with Crippen molar-refractivity contribution in [3.8, 4) is 0 Å². The number of aliphatic carboxylic acids is 1. The first-order chi connectivity index (χ1) is 9.49. The van der Waals surface area contributed by atoms with Crippen LogP contribution >= 0.6 is 11.8 Å². The van der Waals surface area contributed by atoms with Crippen molar-refractivity contribution in [3.63, 3.8) is 0 Å². The fraction of sp³-hybridized carbons (Fsp3) is 0.467. The van der Waals surface area contributed by atoms with Gasteiger partial charge in [0.2, 0.25) is 5.91 Å². The summed E-state index contributed by atoms with van der Waals surface area (Å²) in [5.74, 6) is 0.0555. The fourth-order valence-corrected chi connectivity index (χ4v) is 2.56. The van der Waals surface area contributed by atoms with E-state index in [1.165, 1.54) is 11.8 Å². The molecule has 0 aliphatic rings. The van der Waals surface area contributed by atoms with Gasteiger partial charge < -0.3 is 10.4 Å². The zero-order chi connectivity index (χ0) is 15.0. The van der Waals surface area contributed by atoms with Crippen LogP contribution in [0.4, 0.5) is 0 Å². The molecule has 20 heavy (non-hydrogen) atoms. The van der Waals surface area contributed by atoms with E-state index in [0.717, 1.165) is 11.3 Å². The van der Waals surface area contributed by atoms with Crippen LogP contribution < -0.4 is 5.32 Å². The second kappa shape index (κ2) is 8.64. The number of rotatable bonds is 8. The number of carboxylic acids is 1. The van der Waals surface area contributed by atoms with Gasteiger partial charge in [-0.1, -0.05) is 44.2 Å². The van der Waals surface area contributed by atoms with Crippen molar-refractivity contribution in [2.45, 2.75) is 32.1 Å². The Morgan fingerprint density at radius 1 is 1.25 bits per heavy atom. The number of carbonyl (C=O) groups excluding carboxylic acids is 1. The van der Waals surface area contributed by atoms with Gasteiger partial charge >= 0.3 is 5.97 Å². The average Bonchev–Trinajstić information content (AvgIpc) is 2.38. The smallest absolute Gasteiger partial charge is 0.326 e. The van der Waals surface area contributed by atoms with Crippen LogP contribution in [0.1, 0.15) is 25.8 Å². The summed E-state index contributed by atoms with van der Waals surface area (Å²) in [7, 11) is 0. The second-order valence-corrected chi connectivity index (χ2v) is 6.05. The van der Waals surface area contributed by atoms with Gasteiger partial charge in [-0.15, -0.1) is 11.8 Å². The Morgan fingerprint density at radius 3 is 2.45 bits per heavy atom. The molecule has 0 saturated heterocycles. The minimum atomic E-state index is -0.972. The maximum Gasteiger partial charge on any atom is 0.326 e. The molecule has 1 amide bonds. The summed E-state index contributed by atoms with van der Waals surface area (Å²) in [4.78, 5) is 22.8. The van der Waals surface area contributed by atoms with Crippen molar-refractivity contribution in [2.24, 2.45) is 5.92 Å². The molecular formula is C15H21NO3S. The molecule has 4 nitrogen and oxygen atoms in total. The van der Waals surface area contributed by atoms with E-state index < -0.39 is 12.0 Å². The zero-order valence-corrected chi connectivity index (χ0v) is 12.7. The predicted octanol–water partition coefficient (Wildman–Crippen LogP) is 2.54. The van der Waals surface area contributed by atoms with E-state index in [4.69, 9.17) is 5.11 Å². The van der Waals surface area contributed by atoms with E-state index in [9.17, 15) is 9.59 Å². The third-order valence-corrected chi connectivity index (χ3v) is 3.69. The summed E-state index contributed by atoms with van der Waals surface area (Å²) in [6, 6.07) is 9.08. The van der Waals surface area contributed by atoms with Crippen molar-refractivity contribution < 1.29 is 14.7 Å². The van der Waals surface area contributed by atoms with Gasteiger partial charge in [-0.25, -0.2) is 4.79 Å². The minimum absolute atomic E-state index is 0.223. The highest BCUT2D eigenvalue weighted by atomic mass is 32.2. The summed E-state index contributed by atoms with van der Waals surface area (Å²) in [6.45, 7) is 3.87. The van der Waals surface area contributed by atoms with Gasteiger partial charge in [-0.05, 0) is 17.9 Å². The van der Waals surface area contributed by atoms with Crippen molar-refractivity contribution in [3.05, 3.63) is 35.9 Å². The molecule has 1 atom stereocenters. The summed E-state index contributed by atoms with van der Waals surface area (Å²) >= 11 is 1.48. The van der Waals surface area contributed by atoms with Crippen LogP contribution in [0.15, 0.2) is 30.3 Å². The van der Waals surface area contributed by atoms with Crippen molar-refractivity contribution in [1.82, 2.24) is 5.32 Å². The Kier molecular flexibility index (Phi) is 7.15. The van der Waals surface area contributed by atoms with Crippen LogP contribution in [0.3, 0.4) is 0 Å². The average molecular weight is 295 g/mol. The van der Waals surface area contributed by atoms with Gasteiger partial charge in [0.15, 0.2) is 0 Å². The first kappa shape index (κ1) is 16.6. The van der Waals surface area contributed by atoms with Crippen LogP contribution in [-0.4, -0.2) is 28.8 Å². The van der Waals surface area contributed by atoms with E-state index in [1.54, 1.807) is 0 Å². The zero-order valence-electron chi connectivity index (χ0n) is 11.8. The first-order valence-corrected chi connectivity index (χ1v) is 7.78. The second-order valence-electron chi connectivity index (χ2n) is 5.07. The lowest BCUT2D eigenvalue weighted by molar-refractivity contribution is -0.141. The number of hydrogen-bond donors (Lipinski definition) is 2. The molecule has 1 unspecified atom stereocenters. The van der Waals surface area contributed by atoms with Gasteiger partial charge in [0.1, 0.15) is 6.04 Å². The lowest BCUT2D eigenvalue weighted by Gasteiger charge is -2.16. The molecule has 1 rings (SSSR count). The molecule has 0 heterocycles. The number of thioether (sulfide) groups is 1. The molecule has 2 N–H and O–H groups in total. The first-order valence-electron chi connectivity index (χ1n) is 6.63. The Morgan fingerprint density at radius 2 is 1.90 bits per heavy atom. The molecule has 0 radical (unpaired) electrons. The number of carboxylic acid groups (broad SMARTS) is 1.